The Morgan fingerprint density at radius 2 is 1.83 bits per heavy atom. The van der Waals surface area contributed by atoms with Crippen LogP contribution in [0.15, 0.2) is 16.6 Å². The van der Waals surface area contributed by atoms with E-state index in [1.54, 1.807) is 0 Å². The van der Waals surface area contributed by atoms with Crippen molar-refractivity contribution in [2.24, 2.45) is 0 Å². The molecule has 0 heterocycles. The van der Waals surface area contributed by atoms with Crippen LogP contribution in [0, 0.1) is 11.6 Å². The molecule has 0 aliphatic carbocycles. The molecule has 1 aromatic carbocycles. The Balaban J connectivity index is 2.92. The minimum atomic E-state index is -4.39. The highest BCUT2D eigenvalue weighted by Gasteiger charge is 2.30. The molecule has 0 aromatic heterocycles. The summed E-state index contributed by atoms with van der Waals surface area (Å²) < 4.78 is 63.7. The molecule has 1 nitrogen and oxygen atoms in total. The summed E-state index contributed by atoms with van der Waals surface area (Å²) in [5, 5.41) is 0. The van der Waals surface area contributed by atoms with Crippen LogP contribution in [0.2, 0.25) is 0 Å². The van der Waals surface area contributed by atoms with E-state index in [4.69, 9.17) is 0 Å². The summed E-state index contributed by atoms with van der Waals surface area (Å²) in [7, 11) is 0. The number of benzene rings is 1. The molecule has 0 aliphatic rings. The molecule has 1 aromatic rings. The van der Waals surface area contributed by atoms with Gasteiger partial charge in [-0.1, -0.05) is 6.92 Å². The number of hydrogen-bond acceptors (Lipinski definition) is 1. The summed E-state index contributed by atoms with van der Waals surface area (Å²) in [5.74, 6) is -1.72. The Labute approximate surface area is 110 Å². The average Bonchev–Trinajstić information content (AvgIpc) is 2.26. The Kier molecular flexibility index (Phi) is 5.10. The third kappa shape index (κ3) is 4.20. The summed E-state index contributed by atoms with van der Waals surface area (Å²) in [6.45, 7) is -0.0769. The zero-order valence-corrected chi connectivity index (χ0v) is 11.1. The lowest BCUT2D eigenvalue weighted by molar-refractivity contribution is -0.146. The van der Waals surface area contributed by atoms with Crippen LogP contribution < -0.4 is 0 Å². The van der Waals surface area contributed by atoms with E-state index in [9.17, 15) is 22.0 Å². The zero-order valence-electron chi connectivity index (χ0n) is 9.49. The van der Waals surface area contributed by atoms with E-state index >= 15 is 0 Å². The van der Waals surface area contributed by atoms with Crippen LogP contribution in [0.4, 0.5) is 22.0 Å². The molecular formula is C11H11BrF5N. The van der Waals surface area contributed by atoms with Gasteiger partial charge in [0, 0.05) is 12.1 Å². The molecular weight excluding hydrogens is 321 g/mol. The van der Waals surface area contributed by atoms with Crippen molar-refractivity contribution >= 4 is 15.9 Å². The average molecular weight is 332 g/mol. The Morgan fingerprint density at radius 1 is 1.22 bits per heavy atom. The smallest absolute Gasteiger partial charge is 0.291 e. The molecule has 0 unspecified atom stereocenters. The number of rotatable bonds is 4. The Bertz CT molecular complexity index is 419. The second-order valence-corrected chi connectivity index (χ2v) is 4.59. The Morgan fingerprint density at radius 3 is 2.33 bits per heavy atom. The lowest BCUT2D eigenvalue weighted by Gasteiger charge is -2.22. The molecule has 0 spiro atoms. The molecule has 7 heteroatoms. The van der Waals surface area contributed by atoms with Crippen molar-refractivity contribution in [1.29, 1.82) is 0 Å². The molecule has 0 amide bonds. The molecule has 1 rings (SSSR count). The Hall–Kier alpha value is -0.690. The van der Waals surface area contributed by atoms with Gasteiger partial charge in [0.05, 0.1) is 11.0 Å². The van der Waals surface area contributed by atoms with E-state index in [0.717, 1.165) is 11.0 Å². The summed E-state index contributed by atoms with van der Waals surface area (Å²) in [4.78, 5) is 0.925. The third-order valence-electron chi connectivity index (χ3n) is 2.37. The standard InChI is InChI=1S/C11H11BrF5N/c1-2-18(6-11(15,16)17)5-7-9(13)4-3-8(12)10(7)14/h3-4H,2,5-6H2,1H3. The first-order chi connectivity index (χ1) is 8.24. The first-order valence-corrected chi connectivity index (χ1v) is 5.95. The van der Waals surface area contributed by atoms with E-state index in [-0.39, 0.29) is 16.6 Å². The van der Waals surface area contributed by atoms with Crippen molar-refractivity contribution in [2.45, 2.75) is 19.6 Å². The predicted molar refractivity (Wildman–Crippen MR) is 61.1 cm³/mol. The fraction of sp³-hybridized carbons (Fsp3) is 0.455. The maximum atomic E-state index is 13.6. The van der Waals surface area contributed by atoms with Gasteiger partial charge in [-0.25, -0.2) is 8.78 Å². The summed E-state index contributed by atoms with van der Waals surface area (Å²) in [6, 6.07) is 2.19. The minimum absolute atomic E-state index is 0.0296. The summed E-state index contributed by atoms with van der Waals surface area (Å²) in [6.07, 6.45) is -4.39. The molecule has 0 aliphatic heterocycles. The van der Waals surface area contributed by atoms with E-state index in [0.29, 0.717) is 0 Å². The molecule has 0 saturated carbocycles. The van der Waals surface area contributed by atoms with Gasteiger partial charge >= 0.3 is 6.18 Å². The SMILES string of the molecule is CCN(Cc1c(F)ccc(Br)c1F)CC(F)(F)F. The van der Waals surface area contributed by atoms with Crippen LogP contribution in [0.1, 0.15) is 12.5 Å². The van der Waals surface area contributed by atoms with E-state index < -0.39 is 30.9 Å². The predicted octanol–water partition coefficient (Wildman–Crippen LogP) is 4.11. The van der Waals surface area contributed by atoms with Gasteiger partial charge in [0.15, 0.2) is 0 Å². The van der Waals surface area contributed by atoms with Gasteiger partial charge in [-0.2, -0.15) is 13.2 Å². The van der Waals surface area contributed by atoms with Crippen molar-refractivity contribution < 1.29 is 22.0 Å². The molecule has 0 radical (unpaired) electrons. The number of nitrogens with zero attached hydrogens (tertiary/aromatic N) is 1. The molecule has 0 fully saturated rings. The quantitative estimate of drug-likeness (QED) is 0.592. The second kappa shape index (κ2) is 5.97. The second-order valence-electron chi connectivity index (χ2n) is 3.74. The van der Waals surface area contributed by atoms with Gasteiger partial charge in [-0.15, -0.1) is 0 Å². The first-order valence-electron chi connectivity index (χ1n) is 5.16. The van der Waals surface area contributed by atoms with Crippen LogP contribution in [0.5, 0.6) is 0 Å². The minimum Gasteiger partial charge on any atom is -0.291 e. The number of hydrogen-bond donors (Lipinski definition) is 0. The highest BCUT2D eigenvalue weighted by atomic mass is 79.9. The monoisotopic (exact) mass is 331 g/mol. The van der Waals surface area contributed by atoms with Crippen LogP contribution in [0.25, 0.3) is 0 Å². The molecule has 0 bridgehead atoms. The molecule has 0 N–H and O–H groups in total. The zero-order chi connectivity index (χ0) is 13.9. The van der Waals surface area contributed by atoms with E-state index in [1.165, 1.54) is 13.0 Å². The maximum Gasteiger partial charge on any atom is 0.401 e. The van der Waals surface area contributed by atoms with Crippen LogP contribution in [-0.4, -0.2) is 24.2 Å². The van der Waals surface area contributed by atoms with Crippen LogP contribution in [-0.2, 0) is 6.54 Å². The van der Waals surface area contributed by atoms with Gasteiger partial charge in [0.25, 0.3) is 0 Å². The van der Waals surface area contributed by atoms with Crippen molar-refractivity contribution in [2.75, 3.05) is 13.1 Å². The van der Waals surface area contributed by atoms with Gasteiger partial charge in [0.2, 0.25) is 0 Å². The lowest BCUT2D eigenvalue weighted by atomic mass is 10.2. The maximum absolute atomic E-state index is 13.6. The highest BCUT2D eigenvalue weighted by Crippen LogP contribution is 2.24. The van der Waals surface area contributed by atoms with Crippen molar-refractivity contribution in [3.05, 3.63) is 33.8 Å². The highest BCUT2D eigenvalue weighted by molar-refractivity contribution is 9.10. The molecule has 0 saturated heterocycles. The molecule has 0 atom stereocenters. The fourth-order valence-electron chi connectivity index (χ4n) is 1.47. The topological polar surface area (TPSA) is 3.24 Å². The summed E-state index contributed by atoms with van der Waals surface area (Å²) in [5.41, 5.74) is -0.365. The number of alkyl halides is 3. The summed E-state index contributed by atoms with van der Waals surface area (Å²) >= 11 is 2.87. The van der Waals surface area contributed by atoms with Crippen molar-refractivity contribution in [3.63, 3.8) is 0 Å². The van der Waals surface area contributed by atoms with Gasteiger partial charge in [-0.05, 0) is 34.6 Å². The normalized spacial score (nSPS) is 12.2. The number of halogens is 6. The fourth-order valence-corrected chi connectivity index (χ4v) is 1.84. The van der Waals surface area contributed by atoms with Crippen LogP contribution in [0.3, 0.4) is 0 Å². The third-order valence-corrected chi connectivity index (χ3v) is 2.98. The van der Waals surface area contributed by atoms with Crippen molar-refractivity contribution in [3.8, 4) is 0 Å². The largest absolute Gasteiger partial charge is 0.401 e. The molecule has 102 valence electrons. The first kappa shape index (κ1) is 15.4. The van der Waals surface area contributed by atoms with Gasteiger partial charge in [-0.3, -0.25) is 4.90 Å². The van der Waals surface area contributed by atoms with E-state index in [1.807, 2.05) is 0 Å². The van der Waals surface area contributed by atoms with Gasteiger partial charge in [0.1, 0.15) is 11.6 Å². The van der Waals surface area contributed by atoms with E-state index in [2.05, 4.69) is 15.9 Å². The van der Waals surface area contributed by atoms with Crippen LogP contribution >= 0.6 is 15.9 Å². The van der Waals surface area contributed by atoms with Crippen molar-refractivity contribution in [1.82, 2.24) is 4.90 Å². The van der Waals surface area contributed by atoms with Gasteiger partial charge < -0.3 is 0 Å². The molecule has 18 heavy (non-hydrogen) atoms. The lowest BCUT2D eigenvalue weighted by Crippen LogP contribution is -2.34.